The first-order valence-electron chi connectivity index (χ1n) is 7.35. The molecule has 1 amide bonds. The van der Waals surface area contributed by atoms with Gasteiger partial charge in [-0.2, -0.15) is 0 Å². The van der Waals surface area contributed by atoms with E-state index in [4.69, 9.17) is 0 Å². The molecule has 0 unspecified atom stereocenters. The molecule has 3 aromatic rings. The summed E-state index contributed by atoms with van der Waals surface area (Å²) in [7, 11) is 0. The first-order valence-corrected chi connectivity index (χ1v) is 7.35. The standard InChI is InChI=1S/C18H15FN4O/c1-12-10-16(17(24)21-14-7-3-2-4-8-14)23-18(20-12)22-15-9-5-6-13(19)11-15/h2-11H,1H3,(H,21,24)(H,20,22,23). The molecule has 0 atom stereocenters. The van der Waals surface area contributed by atoms with Gasteiger partial charge in [0.1, 0.15) is 11.5 Å². The second-order valence-corrected chi connectivity index (χ2v) is 5.17. The summed E-state index contributed by atoms with van der Waals surface area (Å²) in [5.41, 5.74) is 2.04. The monoisotopic (exact) mass is 322 g/mol. The summed E-state index contributed by atoms with van der Waals surface area (Å²) in [6.45, 7) is 1.76. The lowest BCUT2D eigenvalue weighted by molar-refractivity contribution is 0.102. The van der Waals surface area contributed by atoms with Crippen LogP contribution in [0.1, 0.15) is 16.2 Å². The van der Waals surface area contributed by atoms with Gasteiger partial charge in [0.15, 0.2) is 0 Å². The number of nitrogens with one attached hydrogen (secondary N) is 2. The highest BCUT2D eigenvalue weighted by atomic mass is 19.1. The number of para-hydroxylation sites is 1. The van der Waals surface area contributed by atoms with E-state index in [-0.39, 0.29) is 23.4 Å². The number of benzene rings is 2. The van der Waals surface area contributed by atoms with E-state index < -0.39 is 0 Å². The fourth-order valence-electron chi connectivity index (χ4n) is 2.15. The zero-order valence-electron chi connectivity index (χ0n) is 13.0. The number of nitrogens with zero attached hydrogens (tertiary/aromatic N) is 2. The number of halogens is 1. The van der Waals surface area contributed by atoms with Crippen molar-refractivity contribution < 1.29 is 9.18 Å². The summed E-state index contributed by atoms with van der Waals surface area (Å²) in [6, 6.07) is 16.6. The van der Waals surface area contributed by atoms with Crippen molar-refractivity contribution >= 4 is 23.2 Å². The van der Waals surface area contributed by atoms with Crippen LogP contribution in [-0.4, -0.2) is 15.9 Å². The zero-order chi connectivity index (χ0) is 16.9. The third-order valence-electron chi connectivity index (χ3n) is 3.20. The molecule has 0 aliphatic carbocycles. The Morgan fingerprint density at radius 3 is 2.46 bits per heavy atom. The minimum Gasteiger partial charge on any atom is -0.324 e. The Morgan fingerprint density at radius 2 is 1.71 bits per heavy atom. The Hall–Kier alpha value is -3.28. The average Bonchev–Trinajstić information content (AvgIpc) is 2.55. The second-order valence-electron chi connectivity index (χ2n) is 5.17. The fraction of sp³-hybridized carbons (Fsp3) is 0.0556. The van der Waals surface area contributed by atoms with Crippen molar-refractivity contribution in [1.82, 2.24) is 9.97 Å². The Labute approximate surface area is 138 Å². The van der Waals surface area contributed by atoms with Crippen molar-refractivity contribution in [2.24, 2.45) is 0 Å². The van der Waals surface area contributed by atoms with Crippen LogP contribution in [0.2, 0.25) is 0 Å². The number of anilines is 3. The zero-order valence-corrected chi connectivity index (χ0v) is 13.0. The molecule has 1 aromatic heterocycles. The third kappa shape index (κ3) is 3.92. The molecule has 2 N–H and O–H groups in total. The normalized spacial score (nSPS) is 10.2. The SMILES string of the molecule is Cc1cc(C(=O)Nc2ccccc2)nc(Nc2cccc(F)c2)n1. The van der Waals surface area contributed by atoms with E-state index in [9.17, 15) is 9.18 Å². The van der Waals surface area contributed by atoms with Gasteiger partial charge in [-0.15, -0.1) is 0 Å². The van der Waals surface area contributed by atoms with Crippen LogP contribution in [0.25, 0.3) is 0 Å². The molecular formula is C18H15FN4O. The van der Waals surface area contributed by atoms with Crippen molar-refractivity contribution in [1.29, 1.82) is 0 Å². The third-order valence-corrected chi connectivity index (χ3v) is 3.20. The van der Waals surface area contributed by atoms with Gasteiger partial charge in [-0.3, -0.25) is 4.79 Å². The maximum atomic E-state index is 13.3. The fourth-order valence-corrected chi connectivity index (χ4v) is 2.15. The minimum atomic E-state index is -0.366. The molecule has 24 heavy (non-hydrogen) atoms. The lowest BCUT2D eigenvalue weighted by Crippen LogP contribution is -2.15. The van der Waals surface area contributed by atoms with Crippen molar-refractivity contribution in [2.45, 2.75) is 6.92 Å². The Balaban J connectivity index is 1.82. The van der Waals surface area contributed by atoms with Crippen LogP contribution < -0.4 is 10.6 Å². The van der Waals surface area contributed by atoms with E-state index >= 15 is 0 Å². The van der Waals surface area contributed by atoms with Crippen LogP contribution in [0.4, 0.5) is 21.7 Å². The Bertz CT molecular complexity index is 868. The molecule has 6 heteroatoms. The smallest absolute Gasteiger partial charge is 0.274 e. The summed E-state index contributed by atoms with van der Waals surface area (Å²) < 4.78 is 13.3. The molecule has 0 bridgehead atoms. The highest BCUT2D eigenvalue weighted by Crippen LogP contribution is 2.16. The second kappa shape index (κ2) is 6.87. The summed E-state index contributed by atoms with van der Waals surface area (Å²) in [5, 5.41) is 5.67. The van der Waals surface area contributed by atoms with Crippen molar-refractivity contribution in [3.8, 4) is 0 Å². The van der Waals surface area contributed by atoms with E-state index in [0.29, 0.717) is 17.1 Å². The van der Waals surface area contributed by atoms with Crippen LogP contribution in [0.5, 0.6) is 0 Å². The van der Waals surface area contributed by atoms with Crippen LogP contribution in [0, 0.1) is 12.7 Å². The summed E-state index contributed by atoms with van der Waals surface area (Å²) >= 11 is 0. The topological polar surface area (TPSA) is 66.9 Å². The molecule has 0 fully saturated rings. The molecule has 3 rings (SSSR count). The molecule has 1 heterocycles. The van der Waals surface area contributed by atoms with E-state index in [1.54, 1.807) is 37.3 Å². The number of rotatable bonds is 4. The largest absolute Gasteiger partial charge is 0.324 e. The number of hydrogen-bond acceptors (Lipinski definition) is 4. The highest BCUT2D eigenvalue weighted by molar-refractivity contribution is 6.03. The van der Waals surface area contributed by atoms with E-state index in [1.165, 1.54) is 12.1 Å². The molecule has 0 aliphatic rings. The maximum Gasteiger partial charge on any atom is 0.274 e. The van der Waals surface area contributed by atoms with Gasteiger partial charge in [0, 0.05) is 17.1 Å². The van der Waals surface area contributed by atoms with Crippen molar-refractivity contribution in [2.75, 3.05) is 10.6 Å². The molecular weight excluding hydrogens is 307 g/mol. The molecule has 120 valence electrons. The quantitative estimate of drug-likeness (QED) is 0.764. The van der Waals surface area contributed by atoms with Gasteiger partial charge in [0.25, 0.3) is 5.91 Å². The number of amides is 1. The Kier molecular flexibility index (Phi) is 4.47. The van der Waals surface area contributed by atoms with Crippen LogP contribution in [0.15, 0.2) is 60.7 Å². The molecule has 5 nitrogen and oxygen atoms in total. The van der Waals surface area contributed by atoms with Gasteiger partial charge >= 0.3 is 0 Å². The van der Waals surface area contributed by atoms with Crippen molar-refractivity contribution in [3.05, 3.63) is 77.9 Å². The number of carbonyl (C=O) groups is 1. The number of hydrogen-bond donors (Lipinski definition) is 2. The van der Waals surface area contributed by atoms with Crippen LogP contribution in [-0.2, 0) is 0 Å². The molecule has 2 aromatic carbocycles. The highest BCUT2D eigenvalue weighted by Gasteiger charge is 2.11. The van der Waals surface area contributed by atoms with Gasteiger partial charge in [0.05, 0.1) is 0 Å². The number of aromatic nitrogens is 2. The summed E-state index contributed by atoms with van der Waals surface area (Å²) in [6.07, 6.45) is 0. The predicted octanol–water partition coefficient (Wildman–Crippen LogP) is 3.92. The lowest BCUT2D eigenvalue weighted by atomic mass is 10.3. The molecule has 0 saturated heterocycles. The van der Waals surface area contributed by atoms with Gasteiger partial charge in [0.2, 0.25) is 5.95 Å². The maximum absolute atomic E-state index is 13.3. The molecule has 0 radical (unpaired) electrons. The number of carbonyl (C=O) groups excluding carboxylic acids is 1. The van der Waals surface area contributed by atoms with Gasteiger partial charge in [-0.05, 0) is 43.3 Å². The molecule has 0 saturated carbocycles. The van der Waals surface area contributed by atoms with Crippen LogP contribution in [0.3, 0.4) is 0 Å². The van der Waals surface area contributed by atoms with Gasteiger partial charge < -0.3 is 10.6 Å². The predicted molar refractivity (Wildman–Crippen MR) is 90.8 cm³/mol. The van der Waals surface area contributed by atoms with Crippen molar-refractivity contribution in [3.63, 3.8) is 0 Å². The lowest BCUT2D eigenvalue weighted by Gasteiger charge is -2.09. The van der Waals surface area contributed by atoms with Gasteiger partial charge in [-0.1, -0.05) is 24.3 Å². The first-order chi connectivity index (χ1) is 11.6. The Morgan fingerprint density at radius 1 is 0.958 bits per heavy atom. The van der Waals surface area contributed by atoms with E-state index in [0.717, 1.165) is 0 Å². The number of aryl methyl sites for hydroxylation is 1. The van der Waals surface area contributed by atoms with Gasteiger partial charge in [-0.25, -0.2) is 14.4 Å². The van der Waals surface area contributed by atoms with Crippen LogP contribution >= 0.6 is 0 Å². The summed E-state index contributed by atoms with van der Waals surface area (Å²) in [4.78, 5) is 20.8. The average molecular weight is 322 g/mol. The summed E-state index contributed by atoms with van der Waals surface area (Å²) in [5.74, 6) is -0.470. The molecule has 0 spiro atoms. The van der Waals surface area contributed by atoms with E-state index in [2.05, 4.69) is 20.6 Å². The molecule has 0 aliphatic heterocycles. The van der Waals surface area contributed by atoms with E-state index in [1.807, 2.05) is 18.2 Å². The first kappa shape index (κ1) is 15.6. The minimum absolute atomic E-state index is 0.227.